The minimum absolute atomic E-state index is 0.140. The van der Waals surface area contributed by atoms with Crippen molar-refractivity contribution < 1.29 is 14.3 Å². The summed E-state index contributed by atoms with van der Waals surface area (Å²) in [6.07, 6.45) is 7.26. The zero-order chi connectivity index (χ0) is 14.6. The van der Waals surface area contributed by atoms with Crippen LogP contribution in [0.3, 0.4) is 0 Å². The lowest BCUT2D eigenvalue weighted by atomic mass is 9.80. The fourth-order valence-electron chi connectivity index (χ4n) is 4.33. The van der Waals surface area contributed by atoms with Gasteiger partial charge in [-0.2, -0.15) is 0 Å². The van der Waals surface area contributed by atoms with E-state index in [9.17, 15) is 4.79 Å². The van der Waals surface area contributed by atoms with Gasteiger partial charge in [-0.25, -0.2) is 4.79 Å². The second-order valence-electron chi connectivity index (χ2n) is 6.40. The van der Waals surface area contributed by atoms with Crippen LogP contribution < -0.4 is 0 Å². The molecule has 21 heavy (non-hydrogen) atoms. The van der Waals surface area contributed by atoms with Gasteiger partial charge >= 0.3 is 5.97 Å². The van der Waals surface area contributed by atoms with Crippen molar-refractivity contribution in [1.82, 2.24) is 4.57 Å². The Balaban J connectivity index is 1.80. The maximum Gasteiger partial charge on any atom is 0.336 e. The maximum atomic E-state index is 11.9. The number of ether oxygens (including phenoxy) is 2. The smallest absolute Gasteiger partial charge is 0.336 e. The molecule has 1 fully saturated rings. The molecule has 4 heterocycles. The number of carbonyl (C=O) groups is 1. The molecule has 4 rings (SSSR count). The van der Waals surface area contributed by atoms with Crippen LogP contribution in [0.1, 0.15) is 44.7 Å². The SMILES string of the molecule is CCC1C2c3cccn3CCCC2OC12C=C(C)C(=O)O2. The lowest BCUT2D eigenvalue weighted by Gasteiger charge is -2.28. The molecule has 0 bridgehead atoms. The fourth-order valence-corrected chi connectivity index (χ4v) is 4.33. The molecule has 1 saturated heterocycles. The van der Waals surface area contributed by atoms with E-state index in [-0.39, 0.29) is 18.0 Å². The van der Waals surface area contributed by atoms with Gasteiger partial charge in [-0.15, -0.1) is 0 Å². The normalized spacial score (nSPS) is 37.9. The van der Waals surface area contributed by atoms with Gasteiger partial charge in [0.2, 0.25) is 5.79 Å². The van der Waals surface area contributed by atoms with Crippen LogP contribution in [0.15, 0.2) is 30.0 Å². The largest absolute Gasteiger partial charge is 0.425 e. The molecule has 0 aromatic carbocycles. The Morgan fingerprint density at radius 3 is 3.05 bits per heavy atom. The Morgan fingerprint density at radius 2 is 2.33 bits per heavy atom. The third-order valence-corrected chi connectivity index (χ3v) is 5.21. The first-order valence-electron chi connectivity index (χ1n) is 7.90. The van der Waals surface area contributed by atoms with Gasteiger partial charge in [0.1, 0.15) is 0 Å². The van der Waals surface area contributed by atoms with E-state index in [0.29, 0.717) is 11.5 Å². The van der Waals surface area contributed by atoms with E-state index in [4.69, 9.17) is 9.47 Å². The monoisotopic (exact) mass is 287 g/mol. The van der Waals surface area contributed by atoms with Gasteiger partial charge in [0, 0.05) is 35.8 Å². The van der Waals surface area contributed by atoms with Crippen molar-refractivity contribution in [3.8, 4) is 0 Å². The van der Waals surface area contributed by atoms with E-state index >= 15 is 0 Å². The zero-order valence-electron chi connectivity index (χ0n) is 12.5. The van der Waals surface area contributed by atoms with E-state index in [0.717, 1.165) is 25.8 Å². The van der Waals surface area contributed by atoms with E-state index < -0.39 is 5.79 Å². The number of nitrogens with zero attached hydrogens (tertiary/aromatic N) is 1. The zero-order valence-corrected chi connectivity index (χ0v) is 12.5. The minimum atomic E-state index is -0.836. The van der Waals surface area contributed by atoms with Crippen LogP contribution in [0.25, 0.3) is 0 Å². The highest BCUT2D eigenvalue weighted by Crippen LogP contribution is 2.53. The third-order valence-electron chi connectivity index (χ3n) is 5.21. The number of aromatic nitrogens is 1. The van der Waals surface area contributed by atoms with Gasteiger partial charge in [0.25, 0.3) is 0 Å². The Hall–Kier alpha value is -1.55. The van der Waals surface area contributed by atoms with Crippen LogP contribution in [-0.2, 0) is 20.8 Å². The van der Waals surface area contributed by atoms with Crippen molar-refractivity contribution in [2.75, 3.05) is 0 Å². The molecule has 1 aromatic heterocycles. The van der Waals surface area contributed by atoms with Crippen LogP contribution in [0.2, 0.25) is 0 Å². The lowest BCUT2D eigenvalue weighted by Crippen LogP contribution is -2.36. The van der Waals surface area contributed by atoms with Crippen LogP contribution in [0.4, 0.5) is 0 Å². The van der Waals surface area contributed by atoms with Crippen LogP contribution >= 0.6 is 0 Å². The Kier molecular flexibility index (Phi) is 2.80. The molecule has 3 aliphatic heterocycles. The van der Waals surface area contributed by atoms with Crippen LogP contribution in [0.5, 0.6) is 0 Å². The number of aryl methyl sites for hydroxylation is 1. The van der Waals surface area contributed by atoms with Gasteiger partial charge < -0.3 is 14.0 Å². The third kappa shape index (κ3) is 1.75. The fraction of sp³-hybridized carbons (Fsp3) is 0.588. The van der Waals surface area contributed by atoms with Gasteiger partial charge in [0.15, 0.2) is 0 Å². The van der Waals surface area contributed by atoms with Crippen molar-refractivity contribution in [3.63, 3.8) is 0 Å². The summed E-state index contributed by atoms with van der Waals surface area (Å²) < 4.78 is 14.4. The first-order chi connectivity index (χ1) is 10.1. The summed E-state index contributed by atoms with van der Waals surface area (Å²) in [5, 5.41) is 0. The molecular formula is C17H21NO3. The van der Waals surface area contributed by atoms with Crippen LogP contribution in [0, 0.1) is 5.92 Å². The predicted octanol–water partition coefficient (Wildman–Crippen LogP) is 2.99. The summed E-state index contributed by atoms with van der Waals surface area (Å²) in [5.41, 5.74) is 2.00. The molecule has 0 N–H and O–H groups in total. The van der Waals surface area contributed by atoms with Crippen molar-refractivity contribution in [3.05, 3.63) is 35.7 Å². The summed E-state index contributed by atoms with van der Waals surface area (Å²) in [5.74, 6) is -0.573. The Labute approximate surface area is 124 Å². The molecule has 0 saturated carbocycles. The standard InChI is InChI=1S/C17H21NO3/c1-3-12-15-13-6-4-8-18(13)9-5-7-14(15)20-17(12)10-11(2)16(19)21-17/h4,6,8,10,12,14-15H,3,5,7,9H2,1-2H3. The Morgan fingerprint density at radius 1 is 1.48 bits per heavy atom. The molecule has 1 aromatic rings. The van der Waals surface area contributed by atoms with Crippen molar-refractivity contribution in [1.29, 1.82) is 0 Å². The van der Waals surface area contributed by atoms with Gasteiger partial charge in [-0.1, -0.05) is 6.92 Å². The quantitative estimate of drug-likeness (QED) is 0.746. The molecule has 4 unspecified atom stereocenters. The molecule has 0 aliphatic carbocycles. The molecule has 0 amide bonds. The number of hydrogen-bond donors (Lipinski definition) is 0. The highest BCUT2D eigenvalue weighted by Gasteiger charge is 2.59. The first-order valence-corrected chi connectivity index (χ1v) is 7.90. The van der Waals surface area contributed by atoms with E-state index in [1.54, 1.807) is 0 Å². The molecule has 112 valence electrons. The number of fused-ring (bicyclic) bond motifs is 3. The predicted molar refractivity (Wildman–Crippen MR) is 77.6 cm³/mol. The second-order valence-corrected chi connectivity index (χ2v) is 6.40. The highest BCUT2D eigenvalue weighted by molar-refractivity contribution is 5.90. The van der Waals surface area contributed by atoms with Crippen molar-refractivity contribution >= 4 is 5.97 Å². The van der Waals surface area contributed by atoms with Crippen molar-refractivity contribution in [2.24, 2.45) is 5.92 Å². The van der Waals surface area contributed by atoms with Gasteiger partial charge in [-0.3, -0.25) is 0 Å². The average Bonchev–Trinajstić information content (AvgIpc) is 3.06. The van der Waals surface area contributed by atoms with E-state index in [2.05, 4.69) is 29.8 Å². The highest BCUT2D eigenvalue weighted by atomic mass is 16.7. The summed E-state index contributed by atoms with van der Waals surface area (Å²) in [6.45, 7) is 5.02. The van der Waals surface area contributed by atoms with Crippen molar-refractivity contribution in [2.45, 2.75) is 57.5 Å². The number of esters is 1. The second kappa shape index (κ2) is 4.47. The van der Waals surface area contributed by atoms with E-state index in [1.165, 1.54) is 5.69 Å². The summed E-state index contributed by atoms with van der Waals surface area (Å²) in [6, 6.07) is 4.30. The molecular weight excluding hydrogens is 266 g/mol. The number of rotatable bonds is 1. The van der Waals surface area contributed by atoms with Crippen LogP contribution in [-0.4, -0.2) is 22.4 Å². The van der Waals surface area contributed by atoms with E-state index in [1.807, 2.05) is 13.0 Å². The number of hydrogen-bond acceptors (Lipinski definition) is 3. The summed E-state index contributed by atoms with van der Waals surface area (Å²) in [4.78, 5) is 11.9. The number of carbonyl (C=O) groups excluding carboxylic acids is 1. The molecule has 4 atom stereocenters. The molecule has 4 heteroatoms. The lowest BCUT2D eigenvalue weighted by molar-refractivity contribution is -0.204. The molecule has 3 aliphatic rings. The Bertz CT molecular complexity index is 617. The maximum absolute atomic E-state index is 11.9. The molecule has 0 radical (unpaired) electrons. The summed E-state index contributed by atoms with van der Waals surface area (Å²) in [7, 11) is 0. The topological polar surface area (TPSA) is 40.5 Å². The minimum Gasteiger partial charge on any atom is -0.425 e. The first kappa shape index (κ1) is 13.1. The van der Waals surface area contributed by atoms with Gasteiger partial charge in [-0.05, 0) is 44.4 Å². The molecule has 4 nitrogen and oxygen atoms in total. The average molecular weight is 287 g/mol. The molecule has 1 spiro atoms. The summed E-state index contributed by atoms with van der Waals surface area (Å²) >= 11 is 0. The van der Waals surface area contributed by atoms with Gasteiger partial charge in [0.05, 0.1) is 6.10 Å².